The van der Waals surface area contributed by atoms with Crippen LogP contribution in [0.1, 0.15) is 36.1 Å². The van der Waals surface area contributed by atoms with Gasteiger partial charge >= 0.3 is 0 Å². The maximum atomic E-state index is 2.59. The Hall–Kier alpha value is -4.20. The van der Waals surface area contributed by atoms with E-state index in [1.807, 2.05) is 0 Å². The molecule has 0 aromatic heterocycles. The van der Waals surface area contributed by atoms with Crippen molar-refractivity contribution in [3.8, 4) is 22.3 Å². The highest BCUT2D eigenvalue weighted by atomic mass is 28.3. The molecule has 0 bridgehead atoms. The Balaban J connectivity index is 1.54. The van der Waals surface area contributed by atoms with Gasteiger partial charge < -0.3 is 0 Å². The topological polar surface area (TPSA) is 0 Å². The maximum absolute atomic E-state index is 2.59. The third-order valence-corrected chi connectivity index (χ3v) is 13.5. The second kappa shape index (κ2) is 9.77. The van der Waals surface area contributed by atoms with Crippen LogP contribution in [0.3, 0.4) is 0 Å². The lowest BCUT2D eigenvalue weighted by Crippen LogP contribution is -2.48. The molecule has 0 N–H and O–H groups in total. The Bertz CT molecular complexity index is 1680. The van der Waals surface area contributed by atoms with E-state index < -0.39 is 8.07 Å². The summed E-state index contributed by atoms with van der Waals surface area (Å²) in [5.74, 6) is 0. The molecule has 0 aliphatic heterocycles. The standard InChI is InChI=1S/C39H32Si/c1-27-25-31-19-13-23-34(29-15-7-4-8-16-29)36(31)38(27)40(3,33-21-11-6-12-22-33)39-28(2)26-32-20-14-24-35(37(32)39)30-17-9-5-10-18-30/h4-26H,1-3H3. The van der Waals surface area contributed by atoms with Crippen LogP contribution in [0.4, 0.5) is 0 Å². The lowest BCUT2D eigenvalue weighted by molar-refractivity contribution is 1.44. The zero-order chi connectivity index (χ0) is 27.3. The van der Waals surface area contributed by atoms with E-state index in [0.29, 0.717) is 0 Å². The van der Waals surface area contributed by atoms with Crippen molar-refractivity contribution in [1.29, 1.82) is 0 Å². The molecule has 5 aromatic carbocycles. The monoisotopic (exact) mass is 528 g/mol. The Morgan fingerprint density at radius 2 is 0.825 bits per heavy atom. The molecule has 5 aromatic rings. The number of hydrogen-bond donors (Lipinski definition) is 0. The highest BCUT2D eigenvalue weighted by molar-refractivity contribution is 7.18. The highest BCUT2D eigenvalue weighted by Gasteiger charge is 2.47. The second-order valence-electron chi connectivity index (χ2n) is 11.2. The van der Waals surface area contributed by atoms with Crippen molar-refractivity contribution in [3.05, 3.63) is 174 Å². The third-order valence-electron chi connectivity index (χ3n) is 8.75. The molecule has 0 atom stereocenters. The normalized spacial score (nSPS) is 14.5. The maximum Gasteiger partial charge on any atom is 0.146 e. The summed E-state index contributed by atoms with van der Waals surface area (Å²) < 4.78 is 0. The van der Waals surface area contributed by atoms with Gasteiger partial charge in [0.1, 0.15) is 8.07 Å². The minimum atomic E-state index is -2.52. The third kappa shape index (κ3) is 3.80. The molecule has 0 unspecified atom stereocenters. The van der Waals surface area contributed by atoms with Crippen molar-refractivity contribution in [2.75, 3.05) is 0 Å². The van der Waals surface area contributed by atoms with Crippen molar-refractivity contribution in [3.63, 3.8) is 0 Å². The van der Waals surface area contributed by atoms with Crippen molar-refractivity contribution in [1.82, 2.24) is 0 Å². The fourth-order valence-corrected chi connectivity index (χ4v) is 12.1. The van der Waals surface area contributed by atoms with E-state index in [0.717, 1.165) is 0 Å². The SMILES string of the molecule is CC1=C([Si](C)(C2=C(C)[CH]c3cccc(-c4ccccc4)c32)c2ccccc2)c2c(cccc2-c2ccccc2)[CH]1. The summed E-state index contributed by atoms with van der Waals surface area (Å²) in [4.78, 5) is 0. The molecule has 0 saturated carbocycles. The van der Waals surface area contributed by atoms with Crippen LogP contribution >= 0.6 is 0 Å². The van der Waals surface area contributed by atoms with Crippen molar-refractivity contribution in [2.24, 2.45) is 0 Å². The first-order valence-corrected chi connectivity index (χ1v) is 16.6. The van der Waals surface area contributed by atoms with E-state index in [9.17, 15) is 0 Å². The van der Waals surface area contributed by atoms with Crippen LogP contribution in [0.2, 0.25) is 6.55 Å². The van der Waals surface area contributed by atoms with Crippen LogP contribution in [0, 0.1) is 12.8 Å². The molecule has 7 rings (SSSR count). The van der Waals surface area contributed by atoms with Crippen LogP contribution in [0.25, 0.3) is 32.6 Å². The molecule has 2 aliphatic rings. The van der Waals surface area contributed by atoms with Crippen LogP contribution in [0.5, 0.6) is 0 Å². The lowest BCUT2D eigenvalue weighted by atomic mass is 9.97. The van der Waals surface area contributed by atoms with Crippen molar-refractivity contribution >= 4 is 23.7 Å². The number of rotatable bonds is 5. The zero-order valence-electron chi connectivity index (χ0n) is 23.3. The van der Waals surface area contributed by atoms with Crippen molar-refractivity contribution in [2.45, 2.75) is 20.4 Å². The van der Waals surface area contributed by atoms with Crippen LogP contribution in [-0.4, -0.2) is 8.07 Å². The summed E-state index contributed by atoms with van der Waals surface area (Å²) in [6, 6.07) is 46.8. The molecule has 0 nitrogen and oxygen atoms in total. The average Bonchev–Trinajstić information content (AvgIpc) is 3.54. The predicted octanol–water partition coefficient (Wildman–Crippen LogP) is 9.46. The van der Waals surface area contributed by atoms with Gasteiger partial charge in [-0.3, -0.25) is 0 Å². The summed E-state index contributed by atoms with van der Waals surface area (Å²) >= 11 is 0. The Morgan fingerprint density at radius 3 is 1.25 bits per heavy atom. The fraction of sp³-hybridized carbons (Fsp3) is 0.0769. The number of hydrogen-bond acceptors (Lipinski definition) is 0. The van der Waals surface area contributed by atoms with Crippen LogP contribution in [-0.2, 0) is 0 Å². The summed E-state index contributed by atoms with van der Waals surface area (Å²) in [5.41, 5.74) is 13.5. The van der Waals surface area contributed by atoms with E-state index in [-0.39, 0.29) is 0 Å². The molecule has 40 heavy (non-hydrogen) atoms. The van der Waals surface area contributed by atoms with Crippen LogP contribution < -0.4 is 5.19 Å². The summed E-state index contributed by atoms with van der Waals surface area (Å²) in [6.45, 7) is 7.25. The first-order valence-electron chi connectivity index (χ1n) is 14.1. The van der Waals surface area contributed by atoms with Gasteiger partial charge in [-0.2, -0.15) is 0 Å². The van der Waals surface area contributed by atoms with E-state index in [1.165, 1.54) is 71.2 Å². The van der Waals surface area contributed by atoms with E-state index in [2.05, 4.69) is 161 Å². The number of fused-ring (bicyclic) bond motifs is 2. The van der Waals surface area contributed by atoms with Gasteiger partial charge in [0, 0.05) is 12.8 Å². The molecule has 0 saturated heterocycles. The second-order valence-corrected chi connectivity index (χ2v) is 15.0. The quantitative estimate of drug-likeness (QED) is 0.199. The van der Waals surface area contributed by atoms with E-state index >= 15 is 0 Å². The molecular weight excluding hydrogens is 497 g/mol. The largest absolute Gasteiger partial charge is 0.146 e. The Labute approximate surface area is 239 Å². The van der Waals surface area contributed by atoms with Gasteiger partial charge in [0.05, 0.1) is 0 Å². The fourth-order valence-electron chi connectivity index (χ4n) is 7.13. The Morgan fingerprint density at radius 1 is 0.425 bits per heavy atom. The van der Waals surface area contributed by atoms with Crippen LogP contribution in [0.15, 0.2) is 139 Å². The lowest BCUT2D eigenvalue weighted by Gasteiger charge is -2.36. The van der Waals surface area contributed by atoms with Gasteiger partial charge in [-0.25, -0.2) is 0 Å². The first-order chi connectivity index (χ1) is 19.6. The molecule has 0 heterocycles. The molecule has 0 spiro atoms. The van der Waals surface area contributed by atoms with E-state index in [1.54, 1.807) is 0 Å². The van der Waals surface area contributed by atoms with Gasteiger partial charge in [-0.05, 0) is 73.9 Å². The summed E-state index contributed by atoms with van der Waals surface area (Å²) in [5, 5.41) is 4.52. The smallest absolute Gasteiger partial charge is 0.0642 e. The summed E-state index contributed by atoms with van der Waals surface area (Å²) in [7, 11) is -2.52. The van der Waals surface area contributed by atoms with Gasteiger partial charge in [0.15, 0.2) is 0 Å². The molecule has 192 valence electrons. The minimum Gasteiger partial charge on any atom is -0.0642 e. The first kappa shape index (κ1) is 24.8. The molecular formula is C39H32Si. The molecule has 0 fully saturated rings. The predicted molar refractivity (Wildman–Crippen MR) is 173 cm³/mol. The highest BCUT2D eigenvalue weighted by Crippen LogP contribution is 2.53. The minimum absolute atomic E-state index is 1.28. The molecule has 0 amide bonds. The van der Waals surface area contributed by atoms with E-state index in [4.69, 9.17) is 0 Å². The summed E-state index contributed by atoms with van der Waals surface area (Å²) in [6.07, 6.45) is 4.84. The molecule has 2 aliphatic carbocycles. The molecule has 1 heteroatoms. The van der Waals surface area contributed by atoms with Gasteiger partial charge in [-0.1, -0.05) is 145 Å². The number of allylic oxidation sites excluding steroid dienone is 2. The van der Waals surface area contributed by atoms with Gasteiger partial charge in [0.2, 0.25) is 0 Å². The zero-order valence-corrected chi connectivity index (χ0v) is 24.3. The Kier molecular flexibility index (Phi) is 6.06. The average molecular weight is 529 g/mol. The van der Waals surface area contributed by atoms with Gasteiger partial charge in [-0.15, -0.1) is 0 Å². The number of benzene rings is 5. The van der Waals surface area contributed by atoms with Gasteiger partial charge in [0.25, 0.3) is 0 Å². The molecule has 2 radical (unpaired) electrons. The van der Waals surface area contributed by atoms with Crippen molar-refractivity contribution < 1.29 is 0 Å².